The van der Waals surface area contributed by atoms with Gasteiger partial charge in [0, 0.05) is 30.6 Å². The summed E-state index contributed by atoms with van der Waals surface area (Å²) in [6.45, 7) is 0.778. The first kappa shape index (κ1) is 27.9. The molecule has 0 radical (unpaired) electrons. The van der Waals surface area contributed by atoms with E-state index in [9.17, 15) is 39.2 Å². The number of aliphatic hydroxyl groups is 3. The van der Waals surface area contributed by atoms with E-state index in [1.54, 1.807) is 37.2 Å². The summed E-state index contributed by atoms with van der Waals surface area (Å²) < 4.78 is 13.2. The molecule has 3 aliphatic rings. The molecule has 0 aliphatic heterocycles. The Kier molecular flexibility index (Phi) is 7.03. The molecule has 6 atom stereocenters. The lowest BCUT2D eigenvalue weighted by atomic mass is 9.54. The molecule has 0 heterocycles. The topological polar surface area (TPSA) is 173 Å². The number of carbonyl (C=O) groups is 3. The quantitative estimate of drug-likeness (QED) is 0.279. The predicted molar refractivity (Wildman–Crippen MR) is 141 cm³/mol. The molecule has 7 N–H and O–H groups in total. The van der Waals surface area contributed by atoms with Gasteiger partial charge >= 0.3 is 0 Å². The summed E-state index contributed by atoms with van der Waals surface area (Å²) >= 11 is 0. The summed E-state index contributed by atoms with van der Waals surface area (Å²) in [5.74, 6) is -8.04. The van der Waals surface area contributed by atoms with Crippen molar-refractivity contribution >= 4 is 23.2 Å². The Balaban J connectivity index is 1.53. The van der Waals surface area contributed by atoms with E-state index in [1.807, 2.05) is 0 Å². The van der Waals surface area contributed by atoms with E-state index in [1.165, 1.54) is 18.2 Å². The Hall–Kier alpha value is -3.64. The van der Waals surface area contributed by atoms with Crippen LogP contribution in [0.5, 0.6) is 5.75 Å². The number of halogens is 1. The van der Waals surface area contributed by atoms with Gasteiger partial charge in [-0.05, 0) is 67.7 Å². The number of likely N-dealkylation sites (N-methyl/N-ethyl adjacent to an activating group) is 1. The minimum absolute atomic E-state index is 0.0432. The molecule has 0 saturated heterocycles. The van der Waals surface area contributed by atoms with Gasteiger partial charge in [-0.3, -0.25) is 14.4 Å². The van der Waals surface area contributed by atoms with Crippen molar-refractivity contribution in [2.45, 2.75) is 43.7 Å². The highest BCUT2D eigenvalue weighted by Crippen LogP contribution is 2.52. The van der Waals surface area contributed by atoms with E-state index in [2.05, 4.69) is 5.32 Å². The number of nitrogens with one attached hydrogen (secondary N) is 1. The Labute approximate surface area is 229 Å². The number of nitrogens with two attached hydrogens (primary N) is 1. The van der Waals surface area contributed by atoms with Gasteiger partial charge in [-0.15, -0.1) is 0 Å². The van der Waals surface area contributed by atoms with Crippen molar-refractivity contribution in [3.8, 4) is 5.75 Å². The maximum atomic E-state index is 13.9. The average molecular weight is 554 g/mol. The van der Waals surface area contributed by atoms with Crippen LogP contribution in [-0.4, -0.2) is 74.6 Å². The third kappa shape index (κ3) is 4.21. The summed E-state index contributed by atoms with van der Waals surface area (Å²) in [7, 11) is 3.21. The normalized spacial score (nSPS) is 29.7. The number of phenolic OH excluding ortho intramolecular Hbond substituents is 1. The Bertz CT molecular complexity index is 1420. The van der Waals surface area contributed by atoms with E-state index in [4.69, 9.17) is 5.73 Å². The Morgan fingerprint density at radius 3 is 2.42 bits per heavy atom. The average Bonchev–Trinajstić information content (AvgIpc) is 2.88. The van der Waals surface area contributed by atoms with Crippen LogP contribution in [0.15, 0.2) is 42.0 Å². The standard InChI is InChI=1S/C29H32FN3O7/c1-33(2)23-18-10-15-9-17-14(12-32-11-13-3-6-16(30)7-4-13)5-8-19(34)21(17)24(35)20(15)26(37)29(18,40)27(38)22(25(23)36)28(31)39/h3-8,15,18,22-23,25,32,34-36,40H,9-12H2,1-2H3,(H2,31,39)/t15-,18-,22?,23?,25?,29-/m0/s1. The van der Waals surface area contributed by atoms with Crippen LogP contribution in [-0.2, 0) is 33.9 Å². The molecule has 0 bridgehead atoms. The predicted octanol–water partition coefficient (Wildman–Crippen LogP) is 0.558. The van der Waals surface area contributed by atoms with Crippen molar-refractivity contribution in [2.75, 3.05) is 14.1 Å². The number of carbonyl (C=O) groups excluding carboxylic acids is 3. The number of hydrogen-bond acceptors (Lipinski definition) is 9. The molecule has 212 valence electrons. The number of ketones is 2. The fraction of sp³-hybridized carbons (Fsp3) is 0.414. The minimum Gasteiger partial charge on any atom is -0.507 e. The second-order valence-electron chi connectivity index (χ2n) is 11.1. The van der Waals surface area contributed by atoms with Gasteiger partial charge in [-0.2, -0.15) is 0 Å². The smallest absolute Gasteiger partial charge is 0.230 e. The van der Waals surface area contributed by atoms with Gasteiger partial charge in [-0.1, -0.05) is 18.2 Å². The van der Waals surface area contributed by atoms with E-state index in [0.29, 0.717) is 18.7 Å². The first-order valence-corrected chi connectivity index (χ1v) is 13.1. The van der Waals surface area contributed by atoms with Crippen molar-refractivity contribution < 1.29 is 39.2 Å². The minimum atomic E-state index is -2.69. The molecular formula is C29H32FN3O7. The fourth-order valence-electron chi connectivity index (χ4n) is 6.78. The number of aromatic hydroxyl groups is 1. The molecule has 0 aromatic heterocycles. The first-order chi connectivity index (χ1) is 18.9. The Morgan fingerprint density at radius 1 is 1.12 bits per heavy atom. The van der Waals surface area contributed by atoms with Gasteiger partial charge in [0.1, 0.15) is 23.2 Å². The molecule has 5 rings (SSSR count). The van der Waals surface area contributed by atoms with Gasteiger partial charge in [-0.25, -0.2) is 4.39 Å². The number of nitrogens with zero attached hydrogens (tertiary/aromatic N) is 1. The van der Waals surface area contributed by atoms with Crippen LogP contribution in [0.2, 0.25) is 0 Å². The molecule has 3 unspecified atom stereocenters. The maximum Gasteiger partial charge on any atom is 0.230 e. The van der Waals surface area contributed by atoms with Crippen LogP contribution in [0.1, 0.15) is 28.7 Å². The molecular weight excluding hydrogens is 521 g/mol. The van der Waals surface area contributed by atoms with Crippen molar-refractivity contribution in [1.29, 1.82) is 0 Å². The highest BCUT2D eigenvalue weighted by molar-refractivity contribution is 6.25. The van der Waals surface area contributed by atoms with Gasteiger partial charge in [0.05, 0.1) is 11.7 Å². The molecule has 3 aliphatic carbocycles. The second-order valence-corrected chi connectivity index (χ2v) is 11.1. The lowest BCUT2D eigenvalue weighted by Crippen LogP contribution is -2.73. The maximum absolute atomic E-state index is 13.9. The van der Waals surface area contributed by atoms with Gasteiger partial charge in [0.25, 0.3) is 0 Å². The molecule has 2 fully saturated rings. The number of fused-ring (bicyclic) bond motifs is 3. The number of phenols is 1. The molecule has 2 aromatic carbocycles. The third-order valence-corrected chi connectivity index (χ3v) is 8.63. The summed E-state index contributed by atoms with van der Waals surface area (Å²) in [6, 6.07) is 8.20. The van der Waals surface area contributed by atoms with Crippen molar-refractivity contribution in [3.63, 3.8) is 0 Å². The lowest BCUT2D eigenvalue weighted by Gasteiger charge is -2.53. The Morgan fingerprint density at radius 2 is 1.80 bits per heavy atom. The molecule has 1 amide bonds. The summed E-state index contributed by atoms with van der Waals surface area (Å²) in [6.07, 6.45) is -1.27. The van der Waals surface area contributed by atoms with Crippen LogP contribution in [0.4, 0.5) is 4.39 Å². The second kappa shape index (κ2) is 10.1. The van der Waals surface area contributed by atoms with Crippen molar-refractivity contribution in [1.82, 2.24) is 10.2 Å². The first-order valence-electron chi connectivity index (χ1n) is 13.1. The largest absolute Gasteiger partial charge is 0.507 e. The van der Waals surface area contributed by atoms with E-state index >= 15 is 0 Å². The zero-order chi connectivity index (χ0) is 29.1. The third-order valence-electron chi connectivity index (χ3n) is 8.63. The van der Waals surface area contributed by atoms with Gasteiger partial charge < -0.3 is 36.4 Å². The molecule has 2 saturated carbocycles. The highest BCUT2D eigenvalue weighted by Gasteiger charge is 2.67. The number of benzene rings is 2. The van der Waals surface area contributed by atoms with Crippen LogP contribution in [0.25, 0.3) is 5.76 Å². The van der Waals surface area contributed by atoms with E-state index in [-0.39, 0.29) is 35.5 Å². The zero-order valence-corrected chi connectivity index (χ0v) is 22.1. The molecule has 10 nitrogen and oxygen atoms in total. The molecule has 2 aromatic rings. The van der Waals surface area contributed by atoms with Gasteiger partial charge in [0.15, 0.2) is 11.4 Å². The van der Waals surface area contributed by atoms with Crippen LogP contribution in [0.3, 0.4) is 0 Å². The van der Waals surface area contributed by atoms with Gasteiger partial charge in [0.2, 0.25) is 11.7 Å². The van der Waals surface area contributed by atoms with E-state index < -0.39 is 58.7 Å². The lowest BCUT2D eigenvalue weighted by molar-refractivity contribution is -0.184. The van der Waals surface area contributed by atoms with E-state index in [0.717, 1.165) is 11.1 Å². The van der Waals surface area contributed by atoms with Crippen molar-refractivity contribution in [2.24, 2.45) is 23.5 Å². The monoisotopic (exact) mass is 553 g/mol. The number of primary amides is 1. The fourth-order valence-corrected chi connectivity index (χ4v) is 6.78. The number of rotatable bonds is 6. The zero-order valence-electron chi connectivity index (χ0n) is 22.1. The SMILES string of the molecule is CN(C)C1C(O)C(C(N)=O)C(=O)[C@@]2(O)C(=O)C3=C(O)c4c(O)ccc(CNCc5ccc(F)cc5)c4C[C@H]3C[C@@H]12. The molecule has 0 spiro atoms. The van der Waals surface area contributed by atoms with Crippen molar-refractivity contribution in [3.05, 3.63) is 70.0 Å². The summed E-state index contributed by atoms with van der Waals surface area (Å²) in [5.41, 5.74) is 4.79. The molecule has 11 heteroatoms. The number of Topliss-reactive ketones (excluding diaryl/α,β-unsaturated/α-hetero) is 2. The summed E-state index contributed by atoms with van der Waals surface area (Å²) in [5, 5.41) is 47.9. The number of aliphatic hydroxyl groups excluding tert-OH is 2. The van der Waals surface area contributed by atoms with Crippen LogP contribution in [0, 0.1) is 23.6 Å². The summed E-state index contributed by atoms with van der Waals surface area (Å²) in [4.78, 5) is 40.9. The number of amides is 1. The van der Waals surface area contributed by atoms with Crippen LogP contribution < -0.4 is 11.1 Å². The van der Waals surface area contributed by atoms with Crippen LogP contribution >= 0.6 is 0 Å². The number of hydrogen-bond donors (Lipinski definition) is 6. The highest BCUT2D eigenvalue weighted by atomic mass is 19.1. The molecule has 40 heavy (non-hydrogen) atoms.